The van der Waals surface area contributed by atoms with Gasteiger partial charge in [0.05, 0.1) is 0 Å². The van der Waals surface area contributed by atoms with E-state index in [9.17, 15) is 9.59 Å². The minimum atomic E-state index is -0.878. The molecule has 0 bridgehead atoms. The molecule has 21 heavy (non-hydrogen) atoms. The number of hydrogen-bond acceptors (Lipinski definition) is 5. The summed E-state index contributed by atoms with van der Waals surface area (Å²) in [5, 5.41) is 0. The molecule has 0 fully saturated rings. The van der Waals surface area contributed by atoms with E-state index in [-0.39, 0.29) is 5.70 Å². The van der Waals surface area contributed by atoms with Crippen LogP contribution >= 0.6 is 0 Å². The number of esters is 1. The molecule has 0 atom stereocenters. The third kappa shape index (κ3) is 3.56. The van der Waals surface area contributed by atoms with Crippen LogP contribution in [0.2, 0.25) is 0 Å². The Bertz CT molecular complexity index is 669. The van der Waals surface area contributed by atoms with Gasteiger partial charge in [-0.25, -0.2) is 14.6 Å². The SMILES string of the molecule is C/C=C(\C)C1=N/C(=C/c2ccc(OC(N)=O)cc2)C(=O)O1. The van der Waals surface area contributed by atoms with E-state index in [1.165, 1.54) is 0 Å². The van der Waals surface area contributed by atoms with Gasteiger partial charge in [-0.2, -0.15) is 0 Å². The van der Waals surface area contributed by atoms with Crippen LogP contribution in [-0.4, -0.2) is 18.0 Å². The second kappa shape index (κ2) is 6.04. The average Bonchev–Trinajstić information content (AvgIpc) is 2.81. The number of hydrogen-bond donors (Lipinski definition) is 1. The molecule has 6 heteroatoms. The quantitative estimate of drug-likeness (QED) is 0.682. The van der Waals surface area contributed by atoms with E-state index in [1.54, 1.807) is 30.3 Å². The van der Waals surface area contributed by atoms with Gasteiger partial charge < -0.3 is 15.2 Å². The summed E-state index contributed by atoms with van der Waals surface area (Å²) >= 11 is 0. The highest BCUT2D eigenvalue weighted by molar-refractivity contribution is 6.12. The molecule has 0 unspecified atom stereocenters. The van der Waals surface area contributed by atoms with Crippen LogP contribution in [0.4, 0.5) is 4.79 Å². The molecule has 2 rings (SSSR count). The smallest absolute Gasteiger partial charge is 0.409 e. The van der Waals surface area contributed by atoms with Gasteiger partial charge >= 0.3 is 12.1 Å². The van der Waals surface area contributed by atoms with Crippen molar-refractivity contribution in [2.75, 3.05) is 0 Å². The van der Waals surface area contributed by atoms with Crippen LogP contribution in [0.3, 0.4) is 0 Å². The molecule has 1 aliphatic heterocycles. The lowest BCUT2D eigenvalue weighted by atomic mass is 10.2. The highest BCUT2D eigenvalue weighted by Gasteiger charge is 2.23. The maximum absolute atomic E-state index is 11.7. The van der Waals surface area contributed by atoms with Gasteiger partial charge in [0.15, 0.2) is 5.70 Å². The van der Waals surface area contributed by atoms with E-state index < -0.39 is 12.1 Å². The van der Waals surface area contributed by atoms with E-state index in [2.05, 4.69) is 4.99 Å². The summed E-state index contributed by atoms with van der Waals surface area (Å²) < 4.78 is 9.78. The zero-order valence-electron chi connectivity index (χ0n) is 11.6. The summed E-state index contributed by atoms with van der Waals surface area (Å²) in [5.41, 5.74) is 6.64. The topological polar surface area (TPSA) is 91.0 Å². The van der Waals surface area contributed by atoms with Gasteiger partial charge in [-0.15, -0.1) is 0 Å². The number of primary amides is 1. The van der Waals surface area contributed by atoms with Crippen LogP contribution < -0.4 is 10.5 Å². The Balaban J connectivity index is 2.21. The lowest BCUT2D eigenvalue weighted by Crippen LogP contribution is -2.16. The van der Waals surface area contributed by atoms with Crippen molar-refractivity contribution in [3.8, 4) is 5.75 Å². The minimum absolute atomic E-state index is 0.217. The predicted octanol–water partition coefficient (Wildman–Crippen LogP) is 2.41. The first kappa shape index (κ1) is 14.5. The number of ether oxygens (including phenoxy) is 2. The number of cyclic esters (lactones) is 1. The van der Waals surface area contributed by atoms with Crippen molar-refractivity contribution < 1.29 is 19.1 Å². The molecule has 0 saturated heterocycles. The maximum Gasteiger partial charge on any atom is 0.409 e. The molecular weight excluding hydrogens is 272 g/mol. The van der Waals surface area contributed by atoms with Crippen molar-refractivity contribution in [1.29, 1.82) is 0 Å². The number of allylic oxidation sites excluding steroid dienone is 1. The average molecular weight is 286 g/mol. The summed E-state index contributed by atoms with van der Waals surface area (Å²) in [5.74, 6) is 0.138. The minimum Gasteiger partial charge on any atom is -0.411 e. The van der Waals surface area contributed by atoms with Crippen LogP contribution in [-0.2, 0) is 9.53 Å². The lowest BCUT2D eigenvalue weighted by Gasteiger charge is -2.00. The van der Waals surface area contributed by atoms with Crippen molar-refractivity contribution >= 4 is 24.0 Å². The molecule has 108 valence electrons. The van der Waals surface area contributed by atoms with Crippen molar-refractivity contribution in [3.05, 3.63) is 47.2 Å². The van der Waals surface area contributed by atoms with Crippen LogP contribution in [0.5, 0.6) is 5.75 Å². The Kier molecular flexibility index (Phi) is 4.18. The largest absolute Gasteiger partial charge is 0.411 e. The molecule has 0 saturated carbocycles. The number of amides is 1. The molecule has 1 aromatic rings. The Morgan fingerprint density at radius 1 is 1.33 bits per heavy atom. The normalized spacial score (nSPS) is 16.7. The van der Waals surface area contributed by atoms with Gasteiger partial charge in [0.25, 0.3) is 0 Å². The molecular formula is C15H14N2O4. The number of nitrogens with zero attached hydrogens (tertiary/aromatic N) is 1. The Morgan fingerprint density at radius 3 is 2.57 bits per heavy atom. The van der Waals surface area contributed by atoms with Crippen molar-refractivity contribution in [1.82, 2.24) is 0 Å². The number of carbonyl (C=O) groups is 2. The Morgan fingerprint density at radius 2 is 2.00 bits per heavy atom. The van der Waals surface area contributed by atoms with Crippen LogP contribution in [0, 0.1) is 0 Å². The van der Waals surface area contributed by atoms with Gasteiger partial charge in [0.1, 0.15) is 5.75 Å². The molecule has 0 aliphatic carbocycles. The molecule has 1 aliphatic rings. The van der Waals surface area contributed by atoms with Gasteiger partial charge in [-0.1, -0.05) is 18.2 Å². The molecule has 0 radical (unpaired) electrons. The van der Waals surface area contributed by atoms with Gasteiger partial charge in [-0.05, 0) is 37.6 Å². The van der Waals surface area contributed by atoms with Crippen molar-refractivity contribution in [2.24, 2.45) is 10.7 Å². The zero-order chi connectivity index (χ0) is 15.4. The molecule has 2 N–H and O–H groups in total. The first-order chi connectivity index (χ1) is 9.99. The lowest BCUT2D eigenvalue weighted by molar-refractivity contribution is -0.129. The highest BCUT2D eigenvalue weighted by atomic mass is 16.6. The summed E-state index contributed by atoms with van der Waals surface area (Å²) in [6, 6.07) is 6.49. The number of rotatable bonds is 3. The Hall–Kier alpha value is -2.89. The standard InChI is InChI=1S/C15H14N2O4/c1-3-9(2)13-17-12(14(18)21-13)8-10-4-6-11(7-5-10)20-15(16)19/h3-8H,1-2H3,(H2,16,19)/b9-3+,12-8+. The van der Waals surface area contributed by atoms with E-state index in [1.807, 2.05) is 19.9 Å². The number of benzene rings is 1. The fourth-order valence-corrected chi connectivity index (χ4v) is 1.61. The molecule has 0 spiro atoms. The first-order valence-corrected chi connectivity index (χ1v) is 6.23. The maximum atomic E-state index is 11.7. The van der Waals surface area contributed by atoms with E-state index in [0.29, 0.717) is 11.6 Å². The second-order valence-corrected chi connectivity index (χ2v) is 4.30. The third-order valence-electron chi connectivity index (χ3n) is 2.79. The Labute approximate surface area is 121 Å². The van der Waals surface area contributed by atoms with Crippen LogP contribution in [0.25, 0.3) is 6.08 Å². The second-order valence-electron chi connectivity index (χ2n) is 4.30. The summed E-state index contributed by atoms with van der Waals surface area (Å²) in [6.07, 6.45) is 2.52. The fraction of sp³-hybridized carbons (Fsp3) is 0.133. The third-order valence-corrected chi connectivity index (χ3v) is 2.79. The zero-order valence-corrected chi connectivity index (χ0v) is 11.6. The summed E-state index contributed by atoms with van der Waals surface area (Å²) in [7, 11) is 0. The first-order valence-electron chi connectivity index (χ1n) is 6.23. The van der Waals surface area contributed by atoms with Gasteiger partial charge in [-0.3, -0.25) is 0 Å². The van der Waals surface area contributed by atoms with Crippen LogP contribution in [0.15, 0.2) is 46.6 Å². The van der Waals surface area contributed by atoms with Crippen molar-refractivity contribution in [3.63, 3.8) is 0 Å². The molecule has 1 heterocycles. The van der Waals surface area contributed by atoms with E-state index >= 15 is 0 Å². The monoisotopic (exact) mass is 286 g/mol. The van der Waals surface area contributed by atoms with Crippen molar-refractivity contribution in [2.45, 2.75) is 13.8 Å². The van der Waals surface area contributed by atoms with E-state index in [0.717, 1.165) is 11.1 Å². The summed E-state index contributed by atoms with van der Waals surface area (Å²) in [4.78, 5) is 26.4. The predicted molar refractivity (Wildman–Crippen MR) is 77.6 cm³/mol. The number of nitrogens with two attached hydrogens (primary N) is 1. The fourth-order valence-electron chi connectivity index (χ4n) is 1.61. The molecule has 1 amide bonds. The van der Waals surface area contributed by atoms with Gasteiger partial charge in [0.2, 0.25) is 5.90 Å². The van der Waals surface area contributed by atoms with E-state index in [4.69, 9.17) is 15.2 Å². The summed E-state index contributed by atoms with van der Waals surface area (Å²) in [6.45, 7) is 3.65. The van der Waals surface area contributed by atoms with Gasteiger partial charge in [0, 0.05) is 5.57 Å². The van der Waals surface area contributed by atoms with Crippen LogP contribution in [0.1, 0.15) is 19.4 Å². The molecule has 1 aromatic carbocycles. The molecule has 0 aromatic heterocycles. The number of carbonyl (C=O) groups excluding carboxylic acids is 2. The molecule has 6 nitrogen and oxygen atoms in total. The highest BCUT2D eigenvalue weighted by Crippen LogP contribution is 2.20. The number of aliphatic imine (C=N–C) groups is 1.